The number of anilines is 1. The van der Waals surface area contributed by atoms with E-state index in [1.54, 1.807) is 0 Å². The first-order valence-electron chi connectivity index (χ1n) is 4.90. The van der Waals surface area contributed by atoms with Gasteiger partial charge in [0.15, 0.2) is 6.29 Å². The van der Waals surface area contributed by atoms with Crippen molar-refractivity contribution >= 4 is 11.6 Å². The Morgan fingerprint density at radius 2 is 2.12 bits per heavy atom. The maximum atomic E-state index is 13.2. The number of nitrogens with one attached hydrogen (secondary N) is 1. The molecule has 0 unspecified atom stereocenters. The Hall–Kier alpha value is -1.66. The summed E-state index contributed by atoms with van der Waals surface area (Å²) in [5, 5.41) is 11.5. The van der Waals surface area contributed by atoms with Crippen LogP contribution in [0.25, 0.3) is 0 Å². The standard InChI is InChI=1S/C11H14FNO4/c1-16-11(17-2)6-10(15)13-9-5-7(14)3-4-8(9)12/h3-5,11,14H,6H2,1-2H3,(H,13,15). The fourth-order valence-electron chi connectivity index (χ4n) is 1.22. The van der Waals surface area contributed by atoms with Gasteiger partial charge in [-0.1, -0.05) is 0 Å². The number of benzene rings is 1. The molecule has 0 saturated heterocycles. The Balaban J connectivity index is 2.64. The number of halogens is 1. The number of amides is 1. The highest BCUT2D eigenvalue weighted by molar-refractivity contribution is 5.91. The minimum absolute atomic E-state index is 0.0674. The third-order valence-electron chi connectivity index (χ3n) is 2.10. The molecule has 0 saturated carbocycles. The third-order valence-corrected chi connectivity index (χ3v) is 2.10. The van der Waals surface area contributed by atoms with Crippen LogP contribution in [0.2, 0.25) is 0 Å². The fraction of sp³-hybridized carbons (Fsp3) is 0.364. The SMILES string of the molecule is COC(CC(=O)Nc1cc(O)ccc1F)OC. The summed E-state index contributed by atoms with van der Waals surface area (Å²) in [4.78, 5) is 11.5. The normalized spacial score (nSPS) is 10.6. The number of rotatable bonds is 5. The van der Waals surface area contributed by atoms with Gasteiger partial charge in [0.05, 0.1) is 12.1 Å². The van der Waals surface area contributed by atoms with Gasteiger partial charge in [-0.2, -0.15) is 0 Å². The highest BCUT2D eigenvalue weighted by atomic mass is 19.1. The fourth-order valence-corrected chi connectivity index (χ4v) is 1.22. The van der Waals surface area contributed by atoms with Crippen LogP contribution in [0.15, 0.2) is 18.2 Å². The molecule has 1 aromatic carbocycles. The Kier molecular flexibility index (Phi) is 4.86. The third kappa shape index (κ3) is 4.01. The predicted octanol–water partition coefficient (Wildman–Crippen LogP) is 1.48. The summed E-state index contributed by atoms with van der Waals surface area (Å²) < 4.78 is 22.9. The monoisotopic (exact) mass is 243 g/mol. The van der Waals surface area contributed by atoms with E-state index in [0.29, 0.717) is 0 Å². The predicted molar refractivity (Wildman–Crippen MR) is 59.1 cm³/mol. The summed E-state index contributed by atoms with van der Waals surface area (Å²) >= 11 is 0. The number of methoxy groups -OCH3 is 2. The molecule has 0 bridgehead atoms. The topological polar surface area (TPSA) is 67.8 Å². The zero-order valence-corrected chi connectivity index (χ0v) is 9.57. The number of hydrogen-bond donors (Lipinski definition) is 2. The zero-order chi connectivity index (χ0) is 12.8. The molecule has 0 aliphatic rings. The molecule has 0 aliphatic carbocycles. The smallest absolute Gasteiger partial charge is 0.229 e. The van der Waals surface area contributed by atoms with E-state index in [1.807, 2.05) is 0 Å². The number of ether oxygens (including phenoxy) is 2. The van der Waals surface area contributed by atoms with Gasteiger partial charge in [-0.05, 0) is 12.1 Å². The maximum absolute atomic E-state index is 13.2. The summed E-state index contributed by atoms with van der Waals surface area (Å²) in [6, 6.07) is 3.38. The van der Waals surface area contributed by atoms with Crippen molar-refractivity contribution < 1.29 is 23.8 Å². The second kappa shape index (κ2) is 6.17. The van der Waals surface area contributed by atoms with Crippen LogP contribution in [0.1, 0.15) is 6.42 Å². The second-order valence-electron chi connectivity index (χ2n) is 3.32. The molecule has 94 valence electrons. The van der Waals surface area contributed by atoms with E-state index in [9.17, 15) is 9.18 Å². The van der Waals surface area contributed by atoms with Gasteiger partial charge in [0.2, 0.25) is 5.91 Å². The van der Waals surface area contributed by atoms with Gasteiger partial charge in [0, 0.05) is 20.3 Å². The lowest BCUT2D eigenvalue weighted by molar-refractivity contribution is -0.134. The first kappa shape index (κ1) is 13.4. The van der Waals surface area contributed by atoms with Crippen LogP contribution in [0.4, 0.5) is 10.1 Å². The van der Waals surface area contributed by atoms with Gasteiger partial charge >= 0.3 is 0 Å². The maximum Gasteiger partial charge on any atom is 0.229 e. The lowest BCUT2D eigenvalue weighted by atomic mass is 10.2. The molecule has 2 N–H and O–H groups in total. The van der Waals surface area contributed by atoms with Crippen molar-refractivity contribution in [2.75, 3.05) is 19.5 Å². The lowest BCUT2D eigenvalue weighted by Gasteiger charge is -2.13. The largest absolute Gasteiger partial charge is 0.508 e. The van der Waals surface area contributed by atoms with Crippen LogP contribution in [0, 0.1) is 5.82 Å². The van der Waals surface area contributed by atoms with E-state index in [0.717, 1.165) is 12.1 Å². The van der Waals surface area contributed by atoms with Crippen molar-refractivity contribution in [3.8, 4) is 5.75 Å². The van der Waals surface area contributed by atoms with Crippen LogP contribution in [-0.2, 0) is 14.3 Å². The van der Waals surface area contributed by atoms with Crippen LogP contribution in [0.3, 0.4) is 0 Å². The molecule has 6 heteroatoms. The van der Waals surface area contributed by atoms with Crippen molar-refractivity contribution in [3.63, 3.8) is 0 Å². The molecule has 0 aromatic heterocycles. The Labute approximate surface area is 98.2 Å². The number of phenols is 1. The van der Waals surface area contributed by atoms with E-state index in [4.69, 9.17) is 14.6 Å². The average molecular weight is 243 g/mol. The number of phenolic OH excluding ortho intramolecular Hbond substituents is 1. The lowest BCUT2D eigenvalue weighted by Crippen LogP contribution is -2.23. The average Bonchev–Trinajstić information content (AvgIpc) is 2.31. The quantitative estimate of drug-likeness (QED) is 0.768. The van der Waals surface area contributed by atoms with Crippen molar-refractivity contribution in [2.45, 2.75) is 12.7 Å². The van der Waals surface area contributed by atoms with Crippen LogP contribution in [-0.4, -0.2) is 31.5 Å². The number of carbonyl (C=O) groups is 1. The summed E-state index contributed by atoms with van der Waals surface area (Å²) in [6.07, 6.45) is -0.752. The minimum Gasteiger partial charge on any atom is -0.508 e. The van der Waals surface area contributed by atoms with Crippen LogP contribution in [0.5, 0.6) is 5.75 Å². The molecule has 0 atom stereocenters. The summed E-state index contributed by atoms with van der Waals surface area (Å²) in [5.74, 6) is -1.22. The summed E-state index contributed by atoms with van der Waals surface area (Å²) in [6.45, 7) is 0. The molecule has 1 amide bonds. The van der Waals surface area contributed by atoms with Gasteiger partial charge in [-0.15, -0.1) is 0 Å². The van der Waals surface area contributed by atoms with Gasteiger partial charge < -0.3 is 19.9 Å². The first-order chi connectivity index (χ1) is 8.06. The molecule has 5 nitrogen and oxygen atoms in total. The van der Waals surface area contributed by atoms with Crippen molar-refractivity contribution in [3.05, 3.63) is 24.0 Å². The molecule has 0 aliphatic heterocycles. The van der Waals surface area contributed by atoms with E-state index >= 15 is 0 Å². The number of aromatic hydroxyl groups is 1. The summed E-state index contributed by atoms with van der Waals surface area (Å²) in [7, 11) is 2.80. The summed E-state index contributed by atoms with van der Waals surface area (Å²) in [5.41, 5.74) is -0.0824. The molecule has 1 rings (SSSR count). The first-order valence-corrected chi connectivity index (χ1v) is 4.90. The van der Waals surface area contributed by atoms with Gasteiger partial charge in [0.1, 0.15) is 11.6 Å². The molecular formula is C11H14FNO4. The Morgan fingerprint density at radius 1 is 1.47 bits per heavy atom. The van der Waals surface area contributed by atoms with Crippen molar-refractivity contribution in [1.82, 2.24) is 0 Å². The highest BCUT2D eigenvalue weighted by Crippen LogP contribution is 2.20. The minimum atomic E-state index is -0.685. The Bertz CT molecular complexity index is 393. The van der Waals surface area contributed by atoms with Gasteiger partial charge in [-0.25, -0.2) is 4.39 Å². The van der Waals surface area contributed by atoms with E-state index < -0.39 is 18.0 Å². The molecule has 17 heavy (non-hydrogen) atoms. The molecular weight excluding hydrogens is 229 g/mol. The molecule has 0 heterocycles. The van der Waals surface area contributed by atoms with Gasteiger partial charge in [-0.3, -0.25) is 4.79 Å². The van der Waals surface area contributed by atoms with Crippen LogP contribution >= 0.6 is 0 Å². The van der Waals surface area contributed by atoms with E-state index in [2.05, 4.69) is 5.32 Å². The van der Waals surface area contributed by atoms with E-state index in [-0.39, 0.29) is 17.9 Å². The molecule has 0 spiro atoms. The van der Waals surface area contributed by atoms with E-state index in [1.165, 1.54) is 20.3 Å². The molecule has 0 fully saturated rings. The van der Waals surface area contributed by atoms with Gasteiger partial charge in [0.25, 0.3) is 0 Å². The number of hydrogen-bond acceptors (Lipinski definition) is 4. The van der Waals surface area contributed by atoms with Crippen molar-refractivity contribution in [1.29, 1.82) is 0 Å². The Morgan fingerprint density at radius 3 is 2.71 bits per heavy atom. The molecule has 1 aromatic rings. The van der Waals surface area contributed by atoms with Crippen LogP contribution < -0.4 is 5.32 Å². The second-order valence-corrected chi connectivity index (χ2v) is 3.32. The van der Waals surface area contributed by atoms with Crippen molar-refractivity contribution in [2.24, 2.45) is 0 Å². The highest BCUT2D eigenvalue weighted by Gasteiger charge is 2.14. The molecule has 0 radical (unpaired) electrons. The number of carbonyl (C=O) groups excluding carboxylic acids is 1. The zero-order valence-electron chi connectivity index (χ0n) is 9.57.